The van der Waals surface area contributed by atoms with Crippen LogP contribution in [0.15, 0.2) is 29.4 Å². The summed E-state index contributed by atoms with van der Waals surface area (Å²) in [7, 11) is 0. The van der Waals surface area contributed by atoms with Gasteiger partial charge < -0.3 is 5.11 Å². The van der Waals surface area contributed by atoms with Crippen LogP contribution in [0.3, 0.4) is 0 Å². The SMILES string of the molecule is CC(=O)/C(Cl)=N/Nc1ccc(C(=O)O)cc1. The molecule has 6 heteroatoms. The molecule has 0 aromatic heterocycles. The first-order chi connectivity index (χ1) is 7.50. The van der Waals surface area contributed by atoms with Crippen molar-refractivity contribution in [3.63, 3.8) is 0 Å². The second kappa shape index (κ2) is 5.27. The van der Waals surface area contributed by atoms with Crippen molar-refractivity contribution in [2.45, 2.75) is 6.92 Å². The molecule has 1 aromatic carbocycles. The Labute approximate surface area is 96.7 Å². The Bertz CT molecular complexity index is 440. The largest absolute Gasteiger partial charge is 0.478 e. The van der Waals surface area contributed by atoms with E-state index in [2.05, 4.69) is 10.5 Å². The van der Waals surface area contributed by atoms with E-state index < -0.39 is 5.97 Å². The maximum absolute atomic E-state index is 10.7. The third-order valence-electron chi connectivity index (χ3n) is 1.71. The maximum Gasteiger partial charge on any atom is 0.335 e. The van der Waals surface area contributed by atoms with Crippen LogP contribution < -0.4 is 5.43 Å². The van der Waals surface area contributed by atoms with Crippen LogP contribution in [0, 0.1) is 0 Å². The first kappa shape index (κ1) is 12.2. The molecule has 5 nitrogen and oxygen atoms in total. The van der Waals surface area contributed by atoms with Crippen LogP contribution in [0.2, 0.25) is 0 Å². The van der Waals surface area contributed by atoms with E-state index in [0.29, 0.717) is 5.69 Å². The van der Waals surface area contributed by atoms with Gasteiger partial charge in [0.2, 0.25) is 0 Å². The number of carboxylic acid groups (broad SMARTS) is 1. The minimum atomic E-state index is -1.00. The van der Waals surface area contributed by atoms with Gasteiger partial charge >= 0.3 is 5.97 Å². The smallest absolute Gasteiger partial charge is 0.335 e. The van der Waals surface area contributed by atoms with Crippen molar-refractivity contribution in [2.24, 2.45) is 5.10 Å². The predicted octanol–water partition coefficient (Wildman–Crippen LogP) is 1.94. The molecular formula is C10H9ClN2O3. The number of carbonyl (C=O) groups excluding carboxylic acids is 1. The minimum absolute atomic E-state index is 0.165. The molecule has 0 fully saturated rings. The van der Waals surface area contributed by atoms with Crippen LogP contribution in [-0.2, 0) is 4.79 Å². The molecule has 1 aromatic rings. The zero-order valence-corrected chi connectivity index (χ0v) is 9.15. The lowest BCUT2D eigenvalue weighted by Crippen LogP contribution is -2.04. The topological polar surface area (TPSA) is 78.8 Å². The quantitative estimate of drug-likeness (QED) is 0.623. The van der Waals surface area contributed by atoms with E-state index >= 15 is 0 Å². The van der Waals surface area contributed by atoms with Gasteiger partial charge in [0.1, 0.15) is 0 Å². The summed E-state index contributed by atoms with van der Waals surface area (Å²) >= 11 is 5.49. The molecule has 0 saturated carbocycles. The first-order valence-electron chi connectivity index (χ1n) is 4.34. The highest BCUT2D eigenvalue weighted by Gasteiger charge is 2.02. The molecule has 0 bridgehead atoms. The lowest BCUT2D eigenvalue weighted by atomic mass is 10.2. The highest BCUT2D eigenvalue weighted by molar-refractivity contribution is 6.82. The maximum atomic E-state index is 10.7. The van der Waals surface area contributed by atoms with Crippen LogP contribution in [0.1, 0.15) is 17.3 Å². The molecular weight excluding hydrogens is 232 g/mol. The Hall–Kier alpha value is -1.88. The molecule has 2 N–H and O–H groups in total. The Morgan fingerprint density at radius 3 is 2.31 bits per heavy atom. The second-order valence-electron chi connectivity index (χ2n) is 2.95. The van der Waals surface area contributed by atoms with E-state index in [1.54, 1.807) is 0 Å². The summed E-state index contributed by atoms with van der Waals surface area (Å²) < 4.78 is 0. The summed E-state index contributed by atoms with van der Waals surface area (Å²) in [5.41, 5.74) is 3.25. The number of halogens is 1. The molecule has 0 saturated heterocycles. The average Bonchev–Trinajstić information content (AvgIpc) is 2.26. The zero-order chi connectivity index (χ0) is 12.1. The van der Waals surface area contributed by atoms with Gasteiger partial charge in [0, 0.05) is 6.92 Å². The van der Waals surface area contributed by atoms with Crippen LogP contribution in [0.4, 0.5) is 5.69 Å². The lowest BCUT2D eigenvalue weighted by molar-refractivity contribution is -0.110. The number of anilines is 1. The number of hydrogen-bond donors (Lipinski definition) is 2. The minimum Gasteiger partial charge on any atom is -0.478 e. The van der Waals surface area contributed by atoms with Crippen molar-refractivity contribution in [1.29, 1.82) is 0 Å². The Balaban J connectivity index is 2.73. The molecule has 0 atom stereocenters. The molecule has 0 aliphatic heterocycles. The molecule has 0 aliphatic rings. The van der Waals surface area contributed by atoms with Crippen molar-refractivity contribution in [3.05, 3.63) is 29.8 Å². The van der Waals surface area contributed by atoms with Gasteiger partial charge in [-0.05, 0) is 24.3 Å². The number of rotatable bonds is 4. The van der Waals surface area contributed by atoms with E-state index in [0.717, 1.165) is 0 Å². The van der Waals surface area contributed by atoms with Gasteiger partial charge in [0.05, 0.1) is 11.3 Å². The fraction of sp³-hybridized carbons (Fsp3) is 0.100. The normalized spacial score (nSPS) is 11.0. The van der Waals surface area contributed by atoms with E-state index in [1.165, 1.54) is 31.2 Å². The van der Waals surface area contributed by atoms with Gasteiger partial charge in [-0.25, -0.2) is 4.79 Å². The fourth-order valence-electron chi connectivity index (χ4n) is 0.880. The first-order valence-corrected chi connectivity index (χ1v) is 4.72. The third kappa shape index (κ3) is 3.36. The van der Waals surface area contributed by atoms with Crippen molar-refractivity contribution in [2.75, 3.05) is 5.43 Å². The van der Waals surface area contributed by atoms with Crippen LogP contribution in [0.25, 0.3) is 0 Å². The summed E-state index contributed by atoms with van der Waals surface area (Å²) in [6.45, 7) is 1.29. The number of nitrogens with zero attached hydrogens (tertiary/aromatic N) is 1. The molecule has 84 valence electrons. The van der Waals surface area contributed by atoms with Gasteiger partial charge in [-0.1, -0.05) is 11.6 Å². The summed E-state index contributed by atoms with van der Waals surface area (Å²) in [4.78, 5) is 21.3. The summed E-state index contributed by atoms with van der Waals surface area (Å²) in [6, 6.07) is 5.89. The van der Waals surface area contributed by atoms with Crippen molar-refractivity contribution >= 4 is 34.2 Å². The Morgan fingerprint density at radius 2 is 1.88 bits per heavy atom. The lowest BCUT2D eigenvalue weighted by Gasteiger charge is -2.00. The molecule has 0 unspecified atom stereocenters. The van der Waals surface area contributed by atoms with Crippen LogP contribution in [-0.4, -0.2) is 22.0 Å². The number of carbonyl (C=O) groups is 2. The van der Waals surface area contributed by atoms with Gasteiger partial charge in [-0.15, -0.1) is 0 Å². The molecule has 0 radical (unpaired) electrons. The van der Waals surface area contributed by atoms with Crippen molar-refractivity contribution < 1.29 is 14.7 Å². The highest BCUT2D eigenvalue weighted by atomic mass is 35.5. The monoisotopic (exact) mass is 240 g/mol. The number of aromatic carboxylic acids is 1. The standard InChI is InChI=1S/C10H9ClN2O3/c1-6(14)9(11)13-12-8-4-2-7(3-5-8)10(15)16/h2-5,12H,1H3,(H,15,16)/b13-9-. The van der Waals surface area contributed by atoms with E-state index in [1.807, 2.05) is 0 Å². The third-order valence-corrected chi connectivity index (χ3v) is 2.06. The highest BCUT2D eigenvalue weighted by Crippen LogP contribution is 2.09. The summed E-state index contributed by atoms with van der Waals surface area (Å²) in [5, 5.41) is 12.1. The zero-order valence-electron chi connectivity index (χ0n) is 8.40. The molecule has 0 amide bonds. The molecule has 16 heavy (non-hydrogen) atoms. The Kier molecular flexibility index (Phi) is 4.02. The summed E-state index contributed by atoms with van der Waals surface area (Å²) in [5.74, 6) is -1.35. The van der Waals surface area contributed by atoms with Crippen LogP contribution in [0.5, 0.6) is 0 Å². The fourth-order valence-corrected chi connectivity index (χ4v) is 0.922. The second-order valence-corrected chi connectivity index (χ2v) is 3.31. The molecule has 0 aliphatic carbocycles. The van der Waals surface area contributed by atoms with Gasteiger partial charge in [0.15, 0.2) is 11.0 Å². The number of hydrazone groups is 1. The Morgan fingerprint density at radius 1 is 1.31 bits per heavy atom. The van der Waals surface area contributed by atoms with Crippen LogP contribution >= 0.6 is 11.6 Å². The van der Waals surface area contributed by atoms with E-state index in [4.69, 9.17) is 16.7 Å². The van der Waals surface area contributed by atoms with Crippen molar-refractivity contribution in [3.8, 4) is 0 Å². The number of benzene rings is 1. The number of nitrogens with one attached hydrogen (secondary N) is 1. The van der Waals surface area contributed by atoms with E-state index in [9.17, 15) is 9.59 Å². The molecule has 0 heterocycles. The predicted molar refractivity (Wildman–Crippen MR) is 61.0 cm³/mol. The van der Waals surface area contributed by atoms with Crippen molar-refractivity contribution in [1.82, 2.24) is 0 Å². The van der Waals surface area contributed by atoms with Gasteiger partial charge in [-0.2, -0.15) is 5.10 Å². The number of carboxylic acids is 1. The van der Waals surface area contributed by atoms with Gasteiger partial charge in [0.25, 0.3) is 0 Å². The number of ketones is 1. The van der Waals surface area contributed by atoms with E-state index in [-0.39, 0.29) is 16.5 Å². The summed E-state index contributed by atoms with van der Waals surface area (Å²) in [6.07, 6.45) is 0. The average molecular weight is 241 g/mol. The number of Topliss-reactive ketones (excluding diaryl/α,β-unsaturated/α-hetero) is 1. The van der Waals surface area contributed by atoms with Gasteiger partial charge in [-0.3, -0.25) is 10.2 Å². The molecule has 1 rings (SSSR count). The molecule has 0 spiro atoms. The number of hydrogen-bond acceptors (Lipinski definition) is 4.